The van der Waals surface area contributed by atoms with Crippen molar-refractivity contribution < 1.29 is 4.74 Å². The van der Waals surface area contributed by atoms with E-state index in [1.807, 2.05) is 13.0 Å². The number of hydrogen-bond donors (Lipinski definition) is 0. The number of rotatable bonds is 6. The number of aryl methyl sites for hydroxylation is 1. The predicted octanol–water partition coefficient (Wildman–Crippen LogP) is 1.12. The van der Waals surface area contributed by atoms with E-state index < -0.39 is 0 Å². The molecule has 6 nitrogen and oxygen atoms in total. The third-order valence-electron chi connectivity index (χ3n) is 2.60. The summed E-state index contributed by atoms with van der Waals surface area (Å²) < 4.78 is 6.84. The molecule has 2 aromatic heterocycles. The first-order valence-electron chi connectivity index (χ1n) is 5.73. The summed E-state index contributed by atoms with van der Waals surface area (Å²) in [7, 11) is 1.68. The molecule has 0 N–H and O–H groups in total. The van der Waals surface area contributed by atoms with E-state index in [-0.39, 0.29) is 0 Å². The Hall–Kier alpha value is -1.40. The molecule has 0 fully saturated rings. The highest BCUT2D eigenvalue weighted by atomic mass is 35.5. The van der Waals surface area contributed by atoms with Crippen molar-refractivity contribution in [1.82, 2.24) is 19.6 Å². The first-order chi connectivity index (χ1) is 8.76. The van der Waals surface area contributed by atoms with Gasteiger partial charge in [-0.15, -0.1) is 11.6 Å². The van der Waals surface area contributed by atoms with Gasteiger partial charge in [0.15, 0.2) is 0 Å². The minimum atomic E-state index is 0.543. The monoisotopic (exact) mass is 269 g/mol. The number of aromatic nitrogens is 4. The van der Waals surface area contributed by atoms with Crippen LogP contribution in [0.5, 0.6) is 0 Å². The van der Waals surface area contributed by atoms with Crippen LogP contribution in [0.1, 0.15) is 5.69 Å². The van der Waals surface area contributed by atoms with Gasteiger partial charge in [0.25, 0.3) is 5.78 Å². The fourth-order valence-electron chi connectivity index (χ4n) is 1.78. The highest BCUT2D eigenvalue weighted by Crippen LogP contribution is 2.15. The second-order valence-corrected chi connectivity index (χ2v) is 4.27. The summed E-state index contributed by atoms with van der Waals surface area (Å²) in [6.45, 7) is 4.05. The van der Waals surface area contributed by atoms with Crippen LogP contribution in [0.3, 0.4) is 0 Å². The molecule has 98 valence electrons. The van der Waals surface area contributed by atoms with E-state index in [2.05, 4.69) is 20.0 Å². The zero-order valence-electron chi connectivity index (χ0n) is 10.5. The maximum atomic E-state index is 5.85. The Labute approximate surface area is 111 Å². The number of halogens is 1. The topological polar surface area (TPSA) is 55.5 Å². The van der Waals surface area contributed by atoms with Gasteiger partial charge in [-0.3, -0.25) is 0 Å². The van der Waals surface area contributed by atoms with Gasteiger partial charge >= 0.3 is 0 Å². The lowest BCUT2D eigenvalue weighted by atomic mass is 10.4. The van der Waals surface area contributed by atoms with E-state index in [9.17, 15) is 0 Å². The Morgan fingerprint density at radius 2 is 2.28 bits per heavy atom. The van der Waals surface area contributed by atoms with E-state index >= 15 is 0 Å². The molecule has 0 aliphatic heterocycles. The van der Waals surface area contributed by atoms with Gasteiger partial charge in [0.2, 0.25) is 0 Å². The van der Waals surface area contributed by atoms with Crippen LogP contribution < -0.4 is 4.90 Å². The summed E-state index contributed by atoms with van der Waals surface area (Å²) in [5.74, 6) is 2.08. The highest BCUT2D eigenvalue weighted by Gasteiger charge is 2.12. The molecule has 0 aromatic carbocycles. The molecule has 0 radical (unpaired) electrons. The van der Waals surface area contributed by atoms with Gasteiger partial charge in [-0.25, -0.2) is 4.98 Å². The molecule has 0 unspecified atom stereocenters. The van der Waals surface area contributed by atoms with Crippen molar-refractivity contribution in [2.45, 2.75) is 6.92 Å². The molecule has 0 saturated carbocycles. The van der Waals surface area contributed by atoms with Crippen LogP contribution in [0.4, 0.5) is 5.82 Å². The highest BCUT2D eigenvalue weighted by molar-refractivity contribution is 6.18. The number of fused-ring (bicyclic) bond motifs is 1. The van der Waals surface area contributed by atoms with E-state index in [4.69, 9.17) is 16.3 Å². The van der Waals surface area contributed by atoms with E-state index in [1.165, 1.54) is 6.33 Å². The van der Waals surface area contributed by atoms with Crippen LogP contribution in [0, 0.1) is 6.92 Å². The molecule has 18 heavy (non-hydrogen) atoms. The van der Waals surface area contributed by atoms with Gasteiger partial charge in [-0.2, -0.15) is 14.6 Å². The zero-order valence-corrected chi connectivity index (χ0v) is 11.3. The van der Waals surface area contributed by atoms with Crippen molar-refractivity contribution >= 4 is 23.2 Å². The van der Waals surface area contributed by atoms with Crippen molar-refractivity contribution in [3.8, 4) is 0 Å². The normalized spacial score (nSPS) is 11.1. The summed E-state index contributed by atoms with van der Waals surface area (Å²) in [5.41, 5.74) is 0.905. The Morgan fingerprint density at radius 3 is 3.00 bits per heavy atom. The lowest BCUT2D eigenvalue weighted by Gasteiger charge is -2.23. The van der Waals surface area contributed by atoms with Gasteiger partial charge in [0.05, 0.1) is 6.61 Å². The minimum absolute atomic E-state index is 0.543. The molecule has 0 bridgehead atoms. The van der Waals surface area contributed by atoms with E-state index in [0.717, 1.165) is 24.6 Å². The summed E-state index contributed by atoms with van der Waals surface area (Å²) in [6, 6.07) is 1.98. The first-order valence-corrected chi connectivity index (χ1v) is 6.27. The van der Waals surface area contributed by atoms with Crippen LogP contribution in [-0.4, -0.2) is 52.3 Å². The summed E-state index contributed by atoms with van der Waals surface area (Å²) in [5, 5.41) is 4.19. The minimum Gasteiger partial charge on any atom is -0.383 e. The fourth-order valence-corrected chi connectivity index (χ4v) is 1.98. The van der Waals surface area contributed by atoms with Crippen molar-refractivity contribution in [3.05, 3.63) is 18.1 Å². The quantitative estimate of drug-likeness (QED) is 0.736. The largest absolute Gasteiger partial charge is 0.383 e. The Balaban J connectivity index is 2.38. The molecule has 7 heteroatoms. The predicted molar refractivity (Wildman–Crippen MR) is 70.3 cm³/mol. The zero-order chi connectivity index (χ0) is 13.0. The van der Waals surface area contributed by atoms with Gasteiger partial charge < -0.3 is 9.64 Å². The standard InChI is InChI=1S/C11H16ClN5O/c1-9-7-10(16(4-3-12)5-6-18-2)17-11(15-9)13-8-14-17/h7-8H,3-6H2,1-2H3. The molecular formula is C11H16ClN5O. The van der Waals surface area contributed by atoms with Crippen molar-refractivity contribution in [1.29, 1.82) is 0 Å². The molecule has 0 atom stereocenters. The lowest BCUT2D eigenvalue weighted by Crippen LogP contribution is -2.31. The molecule has 0 amide bonds. The van der Waals surface area contributed by atoms with Crippen LogP contribution >= 0.6 is 11.6 Å². The molecule has 0 aliphatic carbocycles. The van der Waals surface area contributed by atoms with Gasteiger partial charge in [0.1, 0.15) is 12.1 Å². The van der Waals surface area contributed by atoms with Crippen LogP contribution in [0.2, 0.25) is 0 Å². The van der Waals surface area contributed by atoms with Crippen molar-refractivity contribution in [3.63, 3.8) is 0 Å². The number of hydrogen-bond acceptors (Lipinski definition) is 5. The van der Waals surface area contributed by atoms with E-state index in [1.54, 1.807) is 11.6 Å². The van der Waals surface area contributed by atoms with Crippen molar-refractivity contribution in [2.75, 3.05) is 37.6 Å². The molecule has 2 heterocycles. The molecule has 2 rings (SSSR count). The fraction of sp³-hybridized carbons (Fsp3) is 0.545. The van der Waals surface area contributed by atoms with Crippen LogP contribution in [0.15, 0.2) is 12.4 Å². The van der Waals surface area contributed by atoms with Gasteiger partial charge in [0, 0.05) is 37.8 Å². The lowest BCUT2D eigenvalue weighted by molar-refractivity contribution is 0.205. The third kappa shape index (κ3) is 2.70. The number of alkyl halides is 1. The molecule has 0 spiro atoms. The van der Waals surface area contributed by atoms with Gasteiger partial charge in [-0.05, 0) is 6.92 Å². The third-order valence-corrected chi connectivity index (χ3v) is 2.77. The molecular weight excluding hydrogens is 254 g/mol. The average Bonchev–Trinajstić information content (AvgIpc) is 2.81. The summed E-state index contributed by atoms with van der Waals surface area (Å²) in [6.07, 6.45) is 1.50. The Morgan fingerprint density at radius 1 is 1.44 bits per heavy atom. The van der Waals surface area contributed by atoms with Crippen LogP contribution in [-0.2, 0) is 4.74 Å². The van der Waals surface area contributed by atoms with E-state index in [0.29, 0.717) is 18.3 Å². The van der Waals surface area contributed by atoms with Crippen LogP contribution in [0.25, 0.3) is 5.78 Å². The smallest absolute Gasteiger partial charge is 0.254 e. The Kier molecular flexibility index (Phi) is 4.33. The summed E-state index contributed by atoms with van der Waals surface area (Å²) >= 11 is 5.85. The van der Waals surface area contributed by atoms with Crippen molar-refractivity contribution in [2.24, 2.45) is 0 Å². The second kappa shape index (κ2) is 5.97. The Bertz CT molecular complexity index is 515. The number of methoxy groups -OCH3 is 1. The van der Waals surface area contributed by atoms with Gasteiger partial charge in [-0.1, -0.05) is 0 Å². The first kappa shape index (κ1) is 13.0. The average molecular weight is 270 g/mol. The number of anilines is 1. The maximum Gasteiger partial charge on any atom is 0.254 e. The molecule has 0 saturated heterocycles. The number of nitrogens with zero attached hydrogens (tertiary/aromatic N) is 5. The number of ether oxygens (including phenoxy) is 1. The SMILES string of the molecule is COCCN(CCCl)c1cc(C)nc2ncnn12. The second-order valence-electron chi connectivity index (χ2n) is 3.90. The summed E-state index contributed by atoms with van der Waals surface area (Å²) in [4.78, 5) is 10.5. The maximum absolute atomic E-state index is 5.85. The molecule has 2 aromatic rings. The molecule has 0 aliphatic rings.